The van der Waals surface area contributed by atoms with Crippen molar-refractivity contribution < 1.29 is 9.53 Å². The molecular formula is C9H9NO2. The Bertz CT molecular complexity index is 333. The van der Waals surface area contributed by atoms with Crippen LogP contribution in [0, 0.1) is 0 Å². The zero-order valence-corrected chi connectivity index (χ0v) is 6.54. The van der Waals surface area contributed by atoms with Crippen LogP contribution in [-0.4, -0.2) is 5.97 Å². The number of carbonyl (C=O) groups is 1. The number of para-hydroxylation sites is 1. The van der Waals surface area contributed by atoms with Gasteiger partial charge in [-0.15, -0.1) is 0 Å². The summed E-state index contributed by atoms with van der Waals surface area (Å²) in [6, 6.07) is 5.53. The molecule has 1 aliphatic heterocycles. The predicted octanol–water partition coefficient (Wildman–Crippen LogP) is 1.12. The van der Waals surface area contributed by atoms with E-state index >= 15 is 0 Å². The molecule has 2 N–H and O–H groups in total. The van der Waals surface area contributed by atoms with Crippen LogP contribution in [0.1, 0.15) is 12.0 Å². The molecule has 0 saturated carbocycles. The summed E-state index contributed by atoms with van der Waals surface area (Å²) < 4.78 is 5.00. The molecule has 0 aliphatic carbocycles. The molecule has 1 aliphatic rings. The summed E-state index contributed by atoms with van der Waals surface area (Å²) in [7, 11) is 0. The molecule has 3 nitrogen and oxygen atoms in total. The lowest BCUT2D eigenvalue weighted by molar-refractivity contribution is -0.135. The first kappa shape index (κ1) is 7.16. The first-order chi connectivity index (χ1) is 5.77. The van der Waals surface area contributed by atoms with Gasteiger partial charge in [-0.3, -0.25) is 4.79 Å². The van der Waals surface area contributed by atoms with Crippen LogP contribution in [0.25, 0.3) is 0 Å². The summed E-state index contributed by atoms with van der Waals surface area (Å²) in [6.07, 6.45) is 1.19. The van der Waals surface area contributed by atoms with E-state index in [0.29, 0.717) is 17.9 Å². The number of anilines is 1. The van der Waals surface area contributed by atoms with Crippen LogP contribution in [0.4, 0.5) is 5.69 Å². The van der Waals surface area contributed by atoms with Gasteiger partial charge >= 0.3 is 5.97 Å². The van der Waals surface area contributed by atoms with Crippen molar-refractivity contribution >= 4 is 11.7 Å². The maximum absolute atomic E-state index is 10.9. The SMILES string of the molecule is Nc1cccc2c1OC(=O)CC2. The minimum atomic E-state index is -0.194. The number of fused-ring (bicyclic) bond motifs is 1. The van der Waals surface area contributed by atoms with Crippen LogP contribution >= 0.6 is 0 Å². The van der Waals surface area contributed by atoms with Crippen molar-refractivity contribution in [2.75, 3.05) is 5.73 Å². The molecule has 3 heteroatoms. The Hall–Kier alpha value is -1.51. The topological polar surface area (TPSA) is 52.3 Å². The molecule has 12 heavy (non-hydrogen) atoms. The Labute approximate surface area is 70.1 Å². The quantitative estimate of drug-likeness (QED) is 0.354. The molecule has 0 atom stereocenters. The van der Waals surface area contributed by atoms with Gasteiger partial charge in [0.1, 0.15) is 0 Å². The molecule has 1 heterocycles. The molecule has 62 valence electrons. The van der Waals surface area contributed by atoms with Gasteiger partial charge in [0.25, 0.3) is 0 Å². The van der Waals surface area contributed by atoms with Crippen molar-refractivity contribution in [2.45, 2.75) is 12.8 Å². The second-order valence-electron chi connectivity index (χ2n) is 2.81. The summed E-state index contributed by atoms with van der Waals surface area (Å²) in [5.74, 6) is 0.356. The van der Waals surface area contributed by atoms with Crippen LogP contribution in [-0.2, 0) is 11.2 Å². The number of nitrogen functional groups attached to an aromatic ring is 1. The van der Waals surface area contributed by atoms with Crippen molar-refractivity contribution in [3.05, 3.63) is 23.8 Å². The lowest BCUT2D eigenvalue weighted by atomic mass is 10.1. The summed E-state index contributed by atoms with van der Waals surface area (Å²) in [5, 5.41) is 0. The van der Waals surface area contributed by atoms with Crippen LogP contribution in [0.5, 0.6) is 5.75 Å². The van der Waals surface area contributed by atoms with E-state index in [1.807, 2.05) is 12.1 Å². The minimum Gasteiger partial charge on any atom is -0.424 e. The van der Waals surface area contributed by atoms with Gasteiger partial charge in [0, 0.05) is 0 Å². The standard InChI is InChI=1S/C9H9NO2/c10-7-3-1-2-6-4-5-8(11)12-9(6)7/h1-3H,4-5,10H2. The highest BCUT2D eigenvalue weighted by Crippen LogP contribution is 2.30. The lowest BCUT2D eigenvalue weighted by Crippen LogP contribution is -2.16. The van der Waals surface area contributed by atoms with Crippen LogP contribution in [0.15, 0.2) is 18.2 Å². The van der Waals surface area contributed by atoms with E-state index < -0.39 is 0 Å². The molecule has 0 saturated heterocycles. The smallest absolute Gasteiger partial charge is 0.311 e. The number of aryl methyl sites for hydroxylation is 1. The predicted molar refractivity (Wildman–Crippen MR) is 44.8 cm³/mol. The third kappa shape index (κ3) is 1.03. The first-order valence-electron chi connectivity index (χ1n) is 3.85. The number of nitrogens with two attached hydrogens (primary N) is 1. The zero-order valence-electron chi connectivity index (χ0n) is 6.54. The number of carbonyl (C=O) groups excluding carboxylic acids is 1. The fraction of sp³-hybridized carbons (Fsp3) is 0.222. The van der Waals surface area contributed by atoms with Gasteiger partial charge in [-0.1, -0.05) is 12.1 Å². The second-order valence-corrected chi connectivity index (χ2v) is 2.81. The average Bonchev–Trinajstić information content (AvgIpc) is 2.07. The minimum absolute atomic E-state index is 0.194. The Balaban J connectivity index is 2.50. The maximum Gasteiger partial charge on any atom is 0.311 e. The zero-order chi connectivity index (χ0) is 8.55. The number of esters is 1. The second kappa shape index (κ2) is 2.52. The molecule has 0 radical (unpaired) electrons. The van der Waals surface area contributed by atoms with Gasteiger partial charge in [0.2, 0.25) is 0 Å². The Morgan fingerprint density at radius 3 is 3.00 bits per heavy atom. The summed E-state index contributed by atoms with van der Waals surface area (Å²) in [6.45, 7) is 0. The van der Waals surface area contributed by atoms with Gasteiger partial charge in [0.15, 0.2) is 5.75 Å². The van der Waals surface area contributed by atoms with Crippen molar-refractivity contribution in [3.8, 4) is 5.75 Å². The monoisotopic (exact) mass is 163 g/mol. The summed E-state index contributed by atoms with van der Waals surface area (Å²) in [4.78, 5) is 10.9. The van der Waals surface area contributed by atoms with E-state index in [2.05, 4.69) is 0 Å². The number of rotatable bonds is 0. The van der Waals surface area contributed by atoms with Crippen LogP contribution in [0.2, 0.25) is 0 Å². The highest BCUT2D eigenvalue weighted by atomic mass is 16.5. The summed E-state index contributed by atoms with van der Waals surface area (Å²) >= 11 is 0. The normalized spacial score (nSPS) is 15.2. The highest BCUT2D eigenvalue weighted by molar-refractivity contribution is 5.78. The Kier molecular flexibility index (Phi) is 1.50. The van der Waals surface area contributed by atoms with Crippen molar-refractivity contribution in [3.63, 3.8) is 0 Å². The number of benzene rings is 1. The van der Waals surface area contributed by atoms with Gasteiger partial charge in [-0.2, -0.15) is 0 Å². The molecule has 1 aromatic carbocycles. The van der Waals surface area contributed by atoms with Crippen molar-refractivity contribution in [1.29, 1.82) is 0 Å². The Morgan fingerprint density at radius 2 is 2.17 bits per heavy atom. The average molecular weight is 163 g/mol. The molecular weight excluding hydrogens is 154 g/mol. The molecule has 0 fully saturated rings. The van der Waals surface area contributed by atoms with Gasteiger partial charge < -0.3 is 10.5 Å². The number of hydrogen-bond donors (Lipinski definition) is 1. The fourth-order valence-corrected chi connectivity index (χ4v) is 1.33. The maximum atomic E-state index is 10.9. The molecule has 0 aromatic heterocycles. The van der Waals surface area contributed by atoms with Crippen LogP contribution in [0.3, 0.4) is 0 Å². The molecule has 0 spiro atoms. The van der Waals surface area contributed by atoms with Gasteiger partial charge in [-0.05, 0) is 18.1 Å². The lowest BCUT2D eigenvalue weighted by Gasteiger charge is -2.16. The molecule has 0 bridgehead atoms. The summed E-state index contributed by atoms with van der Waals surface area (Å²) in [5.41, 5.74) is 7.19. The Morgan fingerprint density at radius 1 is 1.33 bits per heavy atom. The molecule has 1 aromatic rings. The van der Waals surface area contributed by atoms with Crippen molar-refractivity contribution in [1.82, 2.24) is 0 Å². The van der Waals surface area contributed by atoms with E-state index in [4.69, 9.17) is 10.5 Å². The molecule has 2 rings (SSSR count). The van der Waals surface area contributed by atoms with Gasteiger partial charge in [-0.25, -0.2) is 0 Å². The first-order valence-corrected chi connectivity index (χ1v) is 3.85. The largest absolute Gasteiger partial charge is 0.424 e. The third-order valence-electron chi connectivity index (χ3n) is 1.94. The van der Waals surface area contributed by atoms with Gasteiger partial charge in [0.05, 0.1) is 12.1 Å². The van der Waals surface area contributed by atoms with E-state index in [1.54, 1.807) is 6.07 Å². The van der Waals surface area contributed by atoms with Crippen molar-refractivity contribution in [2.24, 2.45) is 0 Å². The van der Waals surface area contributed by atoms with E-state index in [1.165, 1.54) is 0 Å². The highest BCUT2D eigenvalue weighted by Gasteiger charge is 2.18. The van der Waals surface area contributed by atoms with E-state index in [0.717, 1.165) is 12.0 Å². The third-order valence-corrected chi connectivity index (χ3v) is 1.94. The molecule has 0 unspecified atom stereocenters. The van der Waals surface area contributed by atoms with E-state index in [-0.39, 0.29) is 5.97 Å². The fourth-order valence-electron chi connectivity index (χ4n) is 1.33. The number of hydrogen-bond acceptors (Lipinski definition) is 3. The number of ether oxygens (including phenoxy) is 1. The van der Waals surface area contributed by atoms with E-state index in [9.17, 15) is 4.79 Å². The molecule has 0 amide bonds. The van der Waals surface area contributed by atoms with Crippen LogP contribution < -0.4 is 10.5 Å².